The molecular formula is C10H18N4O4S2. The molecule has 0 amide bonds. The summed E-state index contributed by atoms with van der Waals surface area (Å²) in [5.41, 5.74) is 6.55. The highest BCUT2D eigenvalue weighted by Gasteiger charge is 2.12. The van der Waals surface area contributed by atoms with Crippen molar-refractivity contribution in [1.29, 1.82) is 0 Å². The summed E-state index contributed by atoms with van der Waals surface area (Å²) < 4.78 is 49.4. The van der Waals surface area contributed by atoms with Gasteiger partial charge in [-0.1, -0.05) is 0 Å². The first-order valence-electron chi connectivity index (χ1n) is 5.67. The molecule has 0 aliphatic carbocycles. The first kappa shape index (κ1) is 16.7. The lowest BCUT2D eigenvalue weighted by molar-refractivity contribution is 0.586. The molecule has 20 heavy (non-hydrogen) atoms. The minimum atomic E-state index is -3.53. The highest BCUT2D eigenvalue weighted by Crippen LogP contribution is 2.22. The van der Waals surface area contributed by atoms with E-state index in [0.717, 1.165) is 6.26 Å². The largest absolute Gasteiger partial charge is 0.397 e. The number of nitrogen functional groups attached to an aromatic ring is 1. The topological polar surface area (TPSA) is 130 Å². The zero-order chi connectivity index (χ0) is 15.4. The summed E-state index contributed by atoms with van der Waals surface area (Å²) >= 11 is 0. The van der Waals surface area contributed by atoms with Crippen molar-refractivity contribution in [3.8, 4) is 0 Å². The number of hydrogen-bond acceptors (Lipinski definition) is 6. The van der Waals surface area contributed by atoms with Crippen LogP contribution in [-0.4, -0.2) is 43.2 Å². The van der Waals surface area contributed by atoms with Gasteiger partial charge in [-0.2, -0.15) is 0 Å². The molecule has 0 saturated heterocycles. The van der Waals surface area contributed by atoms with Gasteiger partial charge in [0.05, 0.1) is 22.5 Å². The van der Waals surface area contributed by atoms with Crippen LogP contribution in [0.15, 0.2) is 23.1 Å². The van der Waals surface area contributed by atoms with Gasteiger partial charge in [-0.15, -0.1) is 0 Å². The van der Waals surface area contributed by atoms with Crippen LogP contribution in [0.1, 0.15) is 0 Å². The standard InChI is InChI=1S/C10H18N4O4S2/c1-12-20(17,18)8-3-4-10(9(11)7-8)13-5-6-14-19(2,15)16/h3-4,7,12-14H,5-6,11H2,1-2H3. The predicted octanol–water partition coefficient (Wildman–Crippen LogP) is -0.862. The number of nitrogens with one attached hydrogen (secondary N) is 3. The summed E-state index contributed by atoms with van der Waals surface area (Å²) in [6.45, 7) is 0.532. The second kappa shape index (κ2) is 6.39. The van der Waals surface area contributed by atoms with Gasteiger partial charge in [-0.3, -0.25) is 0 Å². The summed E-state index contributed by atoms with van der Waals surface area (Å²) in [5.74, 6) is 0. The number of nitrogens with two attached hydrogens (primary N) is 1. The Hall–Kier alpha value is -1.36. The molecule has 0 aliphatic rings. The molecule has 1 aromatic carbocycles. The average molecular weight is 322 g/mol. The van der Waals surface area contributed by atoms with Gasteiger partial charge >= 0.3 is 0 Å². The molecule has 1 rings (SSSR count). The molecule has 0 heterocycles. The summed E-state index contributed by atoms with van der Waals surface area (Å²) in [6.07, 6.45) is 1.07. The lowest BCUT2D eigenvalue weighted by atomic mass is 10.2. The number of hydrogen-bond donors (Lipinski definition) is 4. The van der Waals surface area contributed by atoms with Gasteiger partial charge in [0, 0.05) is 13.1 Å². The molecule has 1 aromatic rings. The highest BCUT2D eigenvalue weighted by molar-refractivity contribution is 7.89. The Morgan fingerprint density at radius 3 is 2.30 bits per heavy atom. The second-order valence-corrected chi connectivity index (χ2v) is 7.77. The molecule has 5 N–H and O–H groups in total. The minimum Gasteiger partial charge on any atom is -0.397 e. The van der Waals surface area contributed by atoms with E-state index in [0.29, 0.717) is 12.2 Å². The predicted molar refractivity (Wildman–Crippen MR) is 78.4 cm³/mol. The van der Waals surface area contributed by atoms with Crippen molar-refractivity contribution in [3.05, 3.63) is 18.2 Å². The van der Waals surface area contributed by atoms with Crippen molar-refractivity contribution in [1.82, 2.24) is 9.44 Å². The smallest absolute Gasteiger partial charge is 0.240 e. The quantitative estimate of drug-likeness (QED) is 0.382. The molecule has 0 saturated carbocycles. The fourth-order valence-electron chi connectivity index (χ4n) is 1.42. The van der Waals surface area contributed by atoms with E-state index in [1.165, 1.54) is 25.2 Å². The van der Waals surface area contributed by atoms with Crippen LogP contribution < -0.4 is 20.5 Å². The van der Waals surface area contributed by atoms with Gasteiger partial charge in [-0.25, -0.2) is 26.3 Å². The summed E-state index contributed by atoms with van der Waals surface area (Å²) in [4.78, 5) is 0.0670. The van der Waals surface area contributed by atoms with Gasteiger partial charge in [0.15, 0.2) is 0 Å². The third-order valence-electron chi connectivity index (χ3n) is 2.41. The minimum absolute atomic E-state index is 0.0670. The van der Waals surface area contributed by atoms with Crippen molar-refractivity contribution in [2.45, 2.75) is 4.90 Å². The maximum Gasteiger partial charge on any atom is 0.240 e. The molecule has 0 bridgehead atoms. The molecule has 0 spiro atoms. The van der Waals surface area contributed by atoms with E-state index in [1.54, 1.807) is 0 Å². The van der Waals surface area contributed by atoms with E-state index < -0.39 is 20.0 Å². The van der Waals surface area contributed by atoms with Gasteiger partial charge in [0.2, 0.25) is 20.0 Å². The first-order valence-corrected chi connectivity index (χ1v) is 9.05. The van der Waals surface area contributed by atoms with Crippen LogP contribution in [0, 0.1) is 0 Å². The number of sulfonamides is 2. The molecule has 0 aliphatic heterocycles. The van der Waals surface area contributed by atoms with Gasteiger partial charge < -0.3 is 11.1 Å². The van der Waals surface area contributed by atoms with Crippen molar-refractivity contribution < 1.29 is 16.8 Å². The molecule has 114 valence electrons. The van der Waals surface area contributed by atoms with Gasteiger partial charge in [-0.05, 0) is 25.2 Å². The second-order valence-electron chi connectivity index (χ2n) is 4.05. The molecule has 0 radical (unpaired) electrons. The van der Waals surface area contributed by atoms with Crippen LogP contribution in [-0.2, 0) is 20.0 Å². The van der Waals surface area contributed by atoms with E-state index in [4.69, 9.17) is 5.73 Å². The lowest BCUT2D eigenvalue weighted by Gasteiger charge is -2.11. The number of anilines is 2. The van der Waals surface area contributed by atoms with E-state index in [9.17, 15) is 16.8 Å². The Bertz CT molecular complexity index is 670. The van der Waals surface area contributed by atoms with E-state index >= 15 is 0 Å². The van der Waals surface area contributed by atoms with Gasteiger partial charge in [0.25, 0.3) is 0 Å². The molecular weight excluding hydrogens is 304 g/mol. The van der Waals surface area contributed by atoms with Crippen LogP contribution in [0.25, 0.3) is 0 Å². The number of rotatable bonds is 7. The molecule has 0 fully saturated rings. The van der Waals surface area contributed by atoms with E-state index in [-0.39, 0.29) is 17.1 Å². The van der Waals surface area contributed by atoms with Crippen LogP contribution in [0.4, 0.5) is 11.4 Å². The Balaban J connectivity index is 2.70. The zero-order valence-corrected chi connectivity index (χ0v) is 12.8. The van der Waals surface area contributed by atoms with Crippen molar-refractivity contribution in [2.24, 2.45) is 0 Å². The molecule has 0 atom stereocenters. The maximum absolute atomic E-state index is 11.6. The number of benzene rings is 1. The average Bonchev–Trinajstić information content (AvgIpc) is 2.34. The van der Waals surface area contributed by atoms with Crippen LogP contribution in [0.5, 0.6) is 0 Å². The monoisotopic (exact) mass is 322 g/mol. The lowest BCUT2D eigenvalue weighted by Crippen LogP contribution is -2.27. The molecule has 8 nitrogen and oxygen atoms in total. The molecule has 0 aromatic heterocycles. The van der Waals surface area contributed by atoms with Crippen molar-refractivity contribution in [2.75, 3.05) is 37.4 Å². The SMILES string of the molecule is CNS(=O)(=O)c1ccc(NCCNS(C)(=O)=O)c(N)c1. The molecule has 10 heteroatoms. The van der Waals surface area contributed by atoms with Crippen LogP contribution >= 0.6 is 0 Å². The summed E-state index contributed by atoms with van der Waals surface area (Å²) in [5, 5.41) is 2.92. The first-order chi connectivity index (χ1) is 9.15. The highest BCUT2D eigenvalue weighted by atomic mass is 32.2. The Morgan fingerprint density at radius 1 is 1.15 bits per heavy atom. The third kappa shape index (κ3) is 4.96. The van der Waals surface area contributed by atoms with Crippen molar-refractivity contribution in [3.63, 3.8) is 0 Å². The molecule has 0 unspecified atom stereocenters. The Kier molecular flexibility index (Phi) is 5.34. The van der Waals surface area contributed by atoms with Gasteiger partial charge in [0.1, 0.15) is 0 Å². The summed E-state index contributed by atoms with van der Waals surface area (Å²) in [6, 6.07) is 4.27. The third-order valence-corrected chi connectivity index (χ3v) is 4.55. The fourth-order valence-corrected chi connectivity index (χ4v) is 2.66. The fraction of sp³-hybridized carbons (Fsp3) is 0.400. The van der Waals surface area contributed by atoms with Crippen LogP contribution in [0.2, 0.25) is 0 Å². The Morgan fingerprint density at radius 2 is 1.80 bits per heavy atom. The van der Waals surface area contributed by atoms with E-state index in [1.807, 2.05) is 0 Å². The van der Waals surface area contributed by atoms with Crippen molar-refractivity contribution >= 4 is 31.4 Å². The Labute approximate surface area is 118 Å². The zero-order valence-electron chi connectivity index (χ0n) is 11.2. The van der Waals surface area contributed by atoms with E-state index in [2.05, 4.69) is 14.8 Å². The van der Waals surface area contributed by atoms with Crippen LogP contribution in [0.3, 0.4) is 0 Å². The summed E-state index contributed by atoms with van der Waals surface area (Å²) in [7, 11) is -5.44. The normalized spacial score (nSPS) is 12.3. The maximum atomic E-state index is 11.6.